The Morgan fingerprint density at radius 1 is 1.19 bits per heavy atom. The number of likely N-dealkylation sites (N-methyl/N-ethyl adjacent to an activating group) is 1. The average molecular weight is 411 g/mol. The zero-order valence-corrected chi connectivity index (χ0v) is 16.7. The first-order chi connectivity index (χ1) is 12.8. The van der Waals surface area contributed by atoms with Crippen LogP contribution in [0.5, 0.6) is 0 Å². The highest BCUT2D eigenvalue weighted by Crippen LogP contribution is 2.30. The van der Waals surface area contributed by atoms with E-state index in [1.54, 1.807) is 23.6 Å². The number of thiophene rings is 1. The summed E-state index contributed by atoms with van der Waals surface area (Å²) in [7, 11) is -0.0402. The molecule has 0 spiro atoms. The third-order valence-corrected chi connectivity index (χ3v) is 7.24. The Morgan fingerprint density at radius 3 is 2.52 bits per heavy atom. The van der Waals surface area contributed by atoms with Gasteiger partial charge in [-0.3, -0.25) is 14.6 Å². The molecule has 0 bridgehead atoms. The van der Waals surface area contributed by atoms with Gasteiger partial charge >= 0.3 is 11.8 Å². The SMILES string of the molecule is CN(C)CCNC(=O)C(=O)NC[C@H](c1cccnc1)S(=O)(=O)c1cccs1. The Kier molecular flexibility index (Phi) is 7.45. The Hall–Kier alpha value is -2.30. The molecule has 0 aliphatic rings. The highest BCUT2D eigenvalue weighted by Gasteiger charge is 2.31. The van der Waals surface area contributed by atoms with Crippen molar-refractivity contribution in [1.82, 2.24) is 20.5 Å². The van der Waals surface area contributed by atoms with E-state index in [2.05, 4.69) is 15.6 Å². The summed E-state index contributed by atoms with van der Waals surface area (Å²) in [6.07, 6.45) is 2.98. The summed E-state index contributed by atoms with van der Waals surface area (Å²) in [4.78, 5) is 29.7. The number of carbonyl (C=O) groups excluding carboxylic acids is 2. The zero-order valence-electron chi connectivity index (χ0n) is 15.1. The number of nitrogens with one attached hydrogen (secondary N) is 2. The lowest BCUT2D eigenvalue weighted by atomic mass is 10.2. The third kappa shape index (κ3) is 5.84. The fourth-order valence-electron chi connectivity index (χ4n) is 2.28. The van der Waals surface area contributed by atoms with Crippen LogP contribution in [0.25, 0.3) is 0 Å². The number of amides is 2. The minimum Gasteiger partial charge on any atom is -0.347 e. The van der Waals surface area contributed by atoms with Crippen molar-refractivity contribution < 1.29 is 18.0 Å². The second-order valence-electron chi connectivity index (χ2n) is 6.02. The van der Waals surface area contributed by atoms with Crippen LogP contribution in [0.4, 0.5) is 0 Å². The molecular formula is C17H22N4O4S2. The molecule has 27 heavy (non-hydrogen) atoms. The van der Waals surface area contributed by atoms with Crippen molar-refractivity contribution in [1.29, 1.82) is 0 Å². The molecule has 0 aromatic carbocycles. The smallest absolute Gasteiger partial charge is 0.309 e. The van der Waals surface area contributed by atoms with Crippen molar-refractivity contribution in [2.45, 2.75) is 9.46 Å². The van der Waals surface area contributed by atoms with Gasteiger partial charge < -0.3 is 15.5 Å². The molecule has 2 N–H and O–H groups in total. The normalized spacial score (nSPS) is 12.6. The molecule has 0 aliphatic heterocycles. The number of aromatic nitrogens is 1. The number of rotatable bonds is 8. The third-order valence-electron chi connectivity index (χ3n) is 3.71. The van der Waals surface area contributed by atoms with Gasteiger partial charge in [0.05, 0.1) is 0 Å². The van der Waals surface area contributed by atoms with Crippen LogP contribution in [0, 0.1) is 0 Å². The number of nitrogens with zero attached hydrogens (tertiary/aromatic N) is 2. The lowest BCUT2D eigenvalue weighted by molar-refractivity contribution is -0.139. The quantitative estimate of drug-likeness (QED) is 0.612. The summed E-state index contributed by atoms with van der Waals surface area (Å²) in [6.45, 7) is 0.675. The molecular weight excluding hydrogens is 388 g/mol. The van der Waals surface area contributed by atoms with Crippen LogP contribution in [0.3, 0.4) is 0 Å². The Balaban J connectivity index is 2.10. The molecule has 2 aromatic rings. The average Bonchev–Trinajstić information content (AvgIpc) is 3.17. The number of sulfone groups is 1. The summed E-state index contributed by atoms with van der Waals surface area (Å²) < 4.78 is 26.1. The van der Waals surface area contributed by atoms with Crippen molar-refractivity contribution in [2.24, 2.45) is 0 Å². The van der Waals surface area contributed by atoms with E-state index in [0.717, 1.165) is 11.3 Å². The van der Waals surface area contributed by atoms with Crippen molar-refractivity contribution in [3.05, 3.63) is 47.6 Å². The number of pyridine rings is 1. The Labute approximate surface area is 162 Å². The van der Waals surface area contributed by atoms with Crippen molar-refractivity contribution in [3.8, 4) is 0 Å². The highest BCUT2D eigenvalue weighted by atomic mass is 32.2. The standard InChI is InChI=1S/C17H22N4O4S2/c1-21(2)9-8-19-16(22)17(23)20-12-14(13-5-3-7-18-11-13)27(24,25)15-6-4-10-26-15/h3-7,10-11,14H,8-9,12H2,1-2H3,(H,19,22)(H,20,23)/t14-/m1/s1. The van der Waals surface area contributed by atoms with Crippen LogP contribution in [0.1, 0.15) is 10.8 Å². The first kappa shape index (κ1) is 21.0. The van der Waals surface area contributed by atoms with Gasteiger partial charge in [0.2, 0.25) is 0 Å². The molecule has 8 nitrogen and oxygen atoms in total. The monoisotopic (exact) mass is 410 g/mol. The van der Waals surface area contributed by atoms with E-state index in [1.807, 2.05) is 19.0 Å². The van der Waals surface area contributed by atoms with Crippen LogP contribution in [0.15, 0.2) is 46.2 Å². The Morgan fingerprint density at radius 2 is 1.93 bits per heavy atom. The summed E-state index contributed by atoms with van der Waals surface area (Å²) in [5.41, 5.74) is 0.444. The fourth-order valence-corrected chi connectivity index (χ4v) is 5.13. The molecule has 0 radical (unpaired) electrons. The van der Waals surface area contributed by atoms with Crippen molar-refractivity contribution in [3.63, 3.8) is 0 Å². The molecule has 1 atom stereocenters. The number of hydrogen-bond donors (Lipinski definition) is 2. The molecule has 0 saturated carbocycles. The van der Waals surface area contributed by atoms with Crippen molar-refractivity contribution >= 4 is 33.0 Å². The molecule has 0 fully saturated rings. The molecule has 10 heteroatoms. The van der Waals surface area contributed by atoms with Crippen molar-refractivity contribution in [2.75, 3.05) is 33.7 Å². The predicted octanol–water partition coefficient (Wildman–Crippen LogP) is 0.452. The minimum absolute atomic E-state index is 0.195. The Bertz CT molecular complexity index is 852. The molecule has 0 aliphatic carbocycles. The van der Waals surface area contributed by atoms with E-state index < -0.39 is 26.9 Å². The van der Waals surface area contributed by atoms with Crippen LogP contribution < -0.4 is 10.6 Å². The van der Waals surface area contributed by atoms with Gasteiger partial charge in [-0.05, 0) is 37.2 Å². The van der Waals surface area contributed by atoms with Crippen LogP contribution in [-0.2, 0) is 19.4 Å². The maximum absolute atomic E-state index is 12.9. The fraction of sp³-hybridized carbons (Fsp3) is 0.353. The summed E-state index contributed by atoms with van der Waals surface area (Å²) in [5.74, 6) is -1.67. The van der Waals surface area contributed by atoms with E-state index in [0.29, 0.717) is 18.7 Å². The first-order valence-corrected chi connectivity index (χ1v) is 10.6. The summed E-state index contributed by atoms with van der Waals surface area (Å²) >= 11 is 1.10. The second kappa shape index (κ2) is 9.58. The van der Waals surface area contributed by atoms with Gasteiger partial charge in [-0.2, -0.15) is 0 Å². The van der Waals surface area contributed by atoms with E-state index in [1.165, 1.54) is 18.5 Å². The molecule has 2 rings (SSSR count). The molecule has 0 saturated heterocycles. The molecule has 146 valence electrons. The lowest BCUT2D eigenvalue weighted by Gasteiger charge is -2.17. The maximum atomic E-state index is 12.9. The van der Waals surface area contributed by atoms with Crippen LogP contribution in [-0.4, -0.2) is 63.8 Å². The predicted molar refractivity (Wildman–Crippen MR) is 103 cm³/mol. The molecule has 0 unspecified atom stereocenters. The van der Waals surface area contributed by atoms with E-state index in [-0.39, 0.29) is 10.8 Å². The second-order valence-corrected chi connectivity index (χ2v) is 9.33. The first-order valence-electron chi connectivity index (χ1n) is 8.20. The minimum atomic E-state index is -3.73. The van der Waals surface area contributed by atoms with Gasteiger partial charge in [-0.15, -0.1) is 11.3 Å². The van der Waals surface area contributed by atoms with Gasteiger partial charge in [-0.25, -0.2) is 8.42 Å². The lowest BCUT2D eigenvalue weighted by Crippen LogP contribution is -2.43. The van der Waals surface area contributed by atoms with Crippen LogP contribution >= 0.6 is 11.3 Å². The van der Waals surface area contributed by atoms with Gasteiger partial charge in [0.1, 0.15) is 9.46 Å². The van der Waals surface area contributed by atoms with Crippen LogP contribution in [0.2, 0.25) is 0 Å². The summed E-state index contributed by atoms with van der Waals surface area (Å²) in [6, 6.07) is 6.42. The molecule has 2 aromatic heterocycles. The maximum Gasteiger partial charge on any atom is 0.309 e. The topological polar surface area (TPSA) is 108 Å². The van der Waals surface area contributed by atoms with Gasteiger partial charge in [-0.1, -0.05) is 12.1 Å². The molecule has 2 heterocycles. The van der Waals surface area contributed by atoms with E-state index in [4.69, 9.17) is 0 Å². The van der Waals surface area contributed by atoms with E-state index >= 15 is 0 Å². The number of carbonyl (C=O) groups is 2. The zero-order chi connectivity index (χ0) is 19.9. The molecule has 2 amide bonds. The van der Waals surface area contributed by atoms with Gasteiger partial charge in [0.25, 0.3) is 0 Å². The van der Waals surface area contributed by atoms with E-state index in [9.17, 15) is 18.0 Å². The van der Waals surface area contributed by atoms with Gasteiger partial charge in [0.15, 0.2) is 9.84 Å². The summed E-state index contributed by atoms with van der Waals surface area (Å²) in [5, 5.41) is 5.54. The highest BCUT2D eigenvalue weighted by molar-refractivity contribution is 7.93. The van der Waals surface area contributed by atoms with Gasteiger partial charge in [0, 0.05) is 32.0 Å². The largest absolute Gasteiger partial charge is 0.347 e. The number of hydrogen-bond acceptors (Lipinski definition) is 7.